The average Bonchev–Trinajstić information content (AvgIpc) is 2.34. The Kier molecular flexibility index (Phi) is 3.60. The number of hydrogen-bond donors (Lipinski definition) is 0. The van der Waals surface area contributed by atoms with Gasteiger partial charge in [-0.2, -0.15) is 0 Å². The van der Waals surface area contributed by atoms with Crippen LogP contribution in [-0.2, 0) is 14.3 Å². The van der Waals surface area contributed by atoms with Crippen molar-refractivity contribution in [3.8, 4) is 0 Å². The molecule has 94 valence electrons. The topological polar surface area (TPSA) is 43.4 Å². The largest absolute Gasteiger partial charge is 0.431 e. The molecule has 0 saturated heterocycles. The molecule has 0 amide bonds. The number of ether oxygens (including phenoxy) is 1. The number of carbonyl (C=O) groups excluding carboxylic acids is 2. The molecule has 1 aliphatic rings. The first kappa shape index (κ1) is 12.6. The van der Waals surface area contributed by atoms with Crippen molar-refractivity contribution < 1.29 is 14.3 Å². The molecule has 0 fully saturated rings. The maximum atomic E-state index is 12.0. The highest BCUT2D eigenvalue weighted by atomic mass is 16.5. The highest BCUT2D eigenvalue weighted by Gasteiger charge is 2.37. The van der Waals surface area contributed by atoms with Crippen molar-refractivity contribution in [2.75, 3.05) is 0 Å². The van der Waals surface area contributed by atoms with Gasteiger partial charge in [-0.05, 0) is 18.9 Å². The summed E-state index contributed by atoms with van der Waals surface area (Å²) in [6, 6.07) is 9.64. The SMILES string of the molecule is CCC(c1ccccc1)C1C(=O)C=C(C)OC1=O. The quantitative estimate of drug-likeness (QED) is 0.606. The van der Waals surface area contributed by atoms with Gasteiger partial charge >= 0.3 is 5.97 Å². The number of cyclic esters (lactones) is 1. The van der Waals surface area contributed by atoms with Gasteiger partial charge in [0.25, 0.3) is 0 Å². The van der Waals surface area contributed by atoms with Gasteiger partial charge in [-0.3, -0.25) is 9.59 Å². The molecule has 0 aromatic heterocycles. The van der Waals surface area contributed by atoms with Crippen LogP contribution in [0.3, 0.4) is 0 Å². The van der Waals surface area contributed by atoms with Crippen LogP contribution in [0.5, 0.6) is 0 Å². The smallest absolute Gasteiger partial charge is 0.322 e. The highest BCUT2D eigenvalue weighted by Crippen LogP contribution is 2.32. The van der Waals surface area contributed by atoms with Crippen LogP contribution in [0.2, 0.25) is 0 Å². The lowest BCUT2D eigenvalue weighted by Gasteiger charge is -2.26. The zero-order valence-corrected chi connectivity index (χ0v) is 10.6. The van der Waals surface area contributed by atoms with Crippen molar-refractivity contribution >= 4 is 11.8 Å². The van der Waals surface area contributed by atoms with Crippen LogP contribution in [0, 0.1) is 5.92 Å². The summed E-state index contributed by atoms with van der Waals surface area (Å²) in [6.07, 6.45) is 2.14. The molecular weight excluding hydrogens is 228 g/mol. The van der Waals surface area contributed by atoms with Gasteiger partial charge in [0.05, 0.1) is 0 Å². The number of benzene rings is 1. The molecule has 3 nitrogen and oxygen atoms in total. The maximum Gasteiger partial charge on any atom is 0.322 e. The van der Waals surface area contributed by atoms with Gasteiger partial charge in [0.1, 0.15) is 11.7 Å². The Balaban J connectivity index is 2.34. The minimum absolute atomic E-state index is 0.115. The number of hydrogen-bond acceptors (Lipinski definition) is 3. The summed E-state index contributed by atoms with van der Waals surface area (Å²) < 4.78 is 5.07. The molecule has 2 rings (SSSR count). The number of rotatable bonds is 3. The van der Waals surface area contributed by atoms with Crippen LogP contribution in [0.1, 0.15) is 31.7 Å². The summed E-state index contributed by atoms with van der Waals surface area (Å²) in [4.78, 5) is 23.9. The van der Waals surface area contributed by atoms with Crippen molar-refractivity contribution in [2.45, 2.75) is 26.2 Å². The maximum absolute atomic E-state index is 12.0. The summed E-state index contributed by atoms with van der Waals surface area (Å²) in [5.74, 6) is -1.03. The summed E-state index contributed by atoms with van der Waals surface area (Å²) in [6.45, 7) is 3.60. The van der Waals surface area contributed by atoms with E-state index in [1.165, 1.54) is 6.08 Å². The first-order chi connectivity index (χ1) is 8.63. The van der Waals surface area contributed by atoms with Crippen LogP contribution in [-0.4, -0.2) is 11.8 Å². The van der Waals surface area contributed by atoms with Crippen molar-refractivity contribution in [3.05, 3.63) is 47.7 Å². The minimum Gasteiger partial charge on any atom is -0.431 e. The fourth-order valence-corrected chi connectivity index (χ4v) is 2.38. The molecule has 3 heteroatoms. The van der Waals surface area contributed by atoms with E-state index in [1.807, 2.05) is 37.3 Å². The molecule has 1 aliphatic heterocycles. The van der Waals surface area contributed by atoms with E-state index in [-0.39, 0.29) is 11.7 Å². The van der Waals surface area contributed by atoms with Gasteiger partial charge in [0, 0.05) is 12.0 Å². The molecule has 2 unspecified atom stereocenters. The van der Waals surface area contributed by atoms with E-state index in [0.717, 1.165) is 12.0 Å². The third kappa shape index (κ3) is 2.35. The van der Waals surface area contributed by atoms with E-state index in [4.69, 9.17) is 4.74 Å². The Morgan fingerprint density at radius 3 is 2.44 bits per heavy atom. The van der Waals surface area contributed by atoms with Gasteiger partial charge in [-0.25, -0.2) is 0 Å². The Morgan fingerprint density at radius 1 is 1.22 bits per heavy atom. The van der Waals surface area contributed by atoms with Crippen molar-refractivity contribution in [1.82, 2.24) is 0 Å². The zero-order chi connectivity index (χ0) is 13.1. The van der Waals surface area contributed by atoms with Crippen LogP contribution >= 0.6 is 0 Å². The third-order valence-corrected chi connectivity index (χ3v) is 3.24. The van der Waals surface area contributed by atoms with Crippen LogP contribution < -0.4 is 0 Å². The van der Waals surface area contributed by atoms with E-state index >= 15 is 0 Å². The van der Waals surface area contributed by atoms with Crippen molar-refractivity contribution in [3.63, 3.8) is 0 Å². The molecule has 1 aromatic carbocycles. The van der Waals surface area contributed by atoms with Crippen molar-refractivity contribution in [2.24, 2.45) is 5.92 Å². The molecule has 1 aromatic rings. The Morgan fingerprint density at radius 2 is 1.89 bits per heavy atom. The predicted octanol–water partition coefficient (Wildman–Crippen LogP) is 2.83. The summed E-state index contributed by atoms with van der Waals surface area (Å²) in [5, 5.41) is 0. The number of allylic oxidation sites excluding steroid dienone is 2. The molecular formula is C15H16O3. The number of esters is 1. The lowest BCUT2D eigenvalue weighted by atomic mass is 9.80. The van der Waals surface area contributed by atoms with Gasteiger partial charge in [-0.15, -0.1) is 0 Å². The molecule has 0 bridgehead atoms. The summed E-state index contributed by atoms with van der Waals surface area (Å²) in [7, 11) is 0. The highest BCUT2D eigenvalue weighted by molar-refractivity contribution is 6.08. The normalized spacial score (nSPS) is 21.2. The second kappa shape index (κ2) is 5.17. The van der Waals surface area contributed by atoms with Gasteiger partial charge in [-0.1, -0.05) is 37.3 Å². The fourth-order valence-electron chi connectivity index (χ4n) is 2.38. The number of ketones is 1. The second-order valence-electron chi connectivity index (χ2n) is 4.48. The third-order valence-electron chi connectivity index (χ3n) is 3.24. The Bertz CT molecular complexity index is 488. The Labute approximate surface area is 106 Å². The molecule has 0 radical (unpaired) electrons. The standard InChI is InChI=1S/C15H16O3/c1-3-12(11-7-5-4-6-8-11)14-13(16)9-10(2)18-15(14)17/h4-9,12,14H,3H2,1-2H3. The number of carbonyl (C=O) groups is 2. The first-order valence-corrected chi connectivity index (χ1v) is 6.12. The fraction of sp³-hybridized carbons (Fsp3) is 0.333. The second-order valence-corrected chi connectivity index (χ2v) is 4.48. The lowest BCUT2D eigenvalue weighted by molar-refractivity contribution is -0.150. The van der Waals surface area contributed by atoms with Crippen molar-refractivity contribution in [1.29, 1.82) is 0 Å². The average molecular weight is 244 g/mol. The lowest BCUT2D eigenvalue weighted by Crippen LogP contribution is -2.33. The molecule has 18 heavy (non-hydrogen) atoms. The van der Waals surface area contributed by atoms with E-state index in [2.05, 4.69) is 0 Å². The van der Waals surface area contributed by atoms with Crippen LogP contribution in [0.4, 0.5) is 0 Å². The molecule has 2 atom stereocenters. The van der Waals surface area contributed by atoms with Gasteiger partial charge in [0.15, 0.2) is 5.78 Å². The van der Waals surface area contributed by atoms with Crippen LogP contribution in [0.15, 0.2) is 42.2 Å². The monoisotopic (exact) mass is 244 g/mol. The summed E-state index contributed by atoms with van der Waals surface area (Å²) in [5.41, 5.74) is 1.00. The Hall–Kier alpha value is -1.90. The first-order valence-electron chi connectivity index (χ1n) is 6.12. The molecule has 0 N–H and O–H groups in total. The van der Waals surface area contributed by atoms with E-state index in [9.17, 15) is 9.59 Å². The molecule has 0 spiro atoms. The zero-order valence-electron chi connectivity index (χ0n) is 10.6. The molecule has 0 saturated carbocycles. The molecule has 0 aliphatic carbocycles. The van der Waals surface area contributed by atoms with E-state index in [0.29, 0.717) is 5.76 Å². The van der Waals surface area contributed by atoms with E-state index in [1.54, 1.807) is 6.92 Å². The van der Waals surface area contributed by atoms with Gasteiger partial charge in [0.2, 0.25) is 0 Å². The minimum atomic E-state index is -0.707. The predicted molar refractivity (Wildman–Crippen MR) is 67.8 cm³/mol. The summed E-state index contributed by atoms with van der Waals surface area (Å²) >= 11 is 0. The van der Waals surface area contributed by atoms with Crippen LogP contribution in [0.25, 0.3) is 0 Å². The van der Waals surface area contributed by atoms with E-state index < -0.39 is 11.9 Å². The van der Waals surface area contributed by atoms with Gasteiger partial charge < -0.3 is 4.74 Å². The molecule has 1 heterocycles.